The summed E-state index contributed by atoms with van der Waals surface area (Å²) >= 11 is 7.75. The van der Waals surface area contributed by atoms with Crippen LogP contribution in [0.15, 0.2) is 30.7 Å². The Morgan fingerprint density at radius 2 is 2.00 bits per heavy atom. The van der Waals surface area contributed by atoms with Crippen molar-refractivity contribution in [2.75, 3.05) is 0 Å². The van der Waals surface area contributed by atoms with Crippen molar-refractivity contribution < 1.29 is 0 Å². The molecular weight excluding hydrogens is 254 g/mol. The summed E-state index contributed by atoms with van der Waals surface area (Å²) in [6.07, 6.45) is 5.25. The molecule has 3 nitrogen and oxygen atoms in total. The lowest BCUT2D eigenvalue weighted by atomic mass is 10.2. The fourth-order valence-electron chi connectivity index (χ4n) is 1.61. The second kappa shape index (κ2) is 4.05. The maximum Gasteiger partial charge on any atom is 0.160 e. The molecule has 84 valence electrons. The van der Waals surface area contributed by atoms with Gasteiger partial charge in [-0.25, -0.2) is 9.97 Å². The first-order chi connectivity index (χ1) is 8.25. The Morgan fingerprint density at radius 3 is 2.76 bits per heavy atom. The summed E-state index contributed by atoms with van der Waals surface area (Å²) in [6, 6.07) is 3.78. The van der Waals surface area contributed by atoms with Crippen LogP contribution in [0.5, 0.6) is 0 Å². The van der Waals surface area contributed by atoms with Gasteiger partial charge in [0.2, 0.25) is 0 Å². The van der Waals surface area contributed by atoms with Gasteiger partial charge >= 0.3 is 0 Å². The van der Waals surface area contributed by atoms with Crippen molar-refractivity contribution in [3.05, 3.63) is 40.6 Å². The zero-order valence-electron chi connectivity index (χ0n) is 9.01. The summed E-state index contributed by atoms with van der Waals surface area (Å²) in [6.45, 7) is 1.99. The zero-order valence-corrected chi connectivity index (χ0v) is 10.6. The minimum atomic E-state index is 0.706. The maximum atomic E-state index is 6.16. The molecule has 0 aromatic carbocycles. The quantitative estimate of drug-likeness (QED) is 0.670. The molecule has 3 heterocycles. The highest BCUT2D eigenvalue weighted by molar-refractivity contribution is 7.19. The van der Waals surface area contributed by atoms with Crippen LogP contribution in [0.3, 0.4) is 0 Å². The van der Waals surface area contributed by atoms with Crippen molar-refractivity contribution in [3.8, 4) is 11.4 Å². The van der Waals surface area contributed by atoms with Gasteiger partial charge in [0.15, 0.2) is 5.82 Å². The van der Waals surface area contributed by atoms with Gasteiger partial charge in [-0.05, 0) is 19.1 Å². The Morgan fingerprint density at radius 1 is 1.24 bits per heavy atom. The van der Waals surface area contributed by atoms with E-state index in [1.54, 1.807) is 29.9 Å². The zero-order chi connectivity index (χ0) is 11.8. The van der Waals surface area contributed by atoms with E-state index in [4.69, 9.17) is 11.6 Å². The number of aryl methyl sites for hydroxylation is 1. The molecule has 3 rings (SSSR count). The molecule has 3 aromatic rings. The van der Waals surface area contributed by atoms with Crippen LogP contribution in [0.1, 0.15) is 4.88 Å². The van der Waals surface area contributed by atoms with Gasteiger partial charge in [0.05, 0.1) is 5.02 Å². The molecule has 0 saturated heterocycles. The largest absolute Gasteiger partial charge is 0.265 e. The lowest BCUT2D eigenvalue weighted by Crippen LogP contribution is -1.87. The molecule has 0 amide bonds. The fraction of sp³-hybridized carbons (Fsp3) is 0.0833. The van der Waals surface area contributed by atoms with E-state index < -0.39 is 0 Å². The number of thiophene rings is 1. The van der Waals surface area contributed by atoms with Gasteiger partial charge in [-0.1, -0.05) is 11.6 Å². The average Bonchev–Trinajstić information content (AvgIpc) is 2.66. The topological polar surface area (TPSA) is 38.7 Å². The third-order valence-corrected chi connectivity index (χ3v) is 4.10. The van der Waals surface area contributed by atoms with E-state index in [0.717, 1.165) is 25.7 Å². The highest BCUT2D eigenvalue weighted by atomic mass is 35.5. The first-order valence-corrected chi connectivity index (χ1v) is 6.27. The predicted octanol–water partition coefficient (Wildman–Crippen LogP) is 3.72. The summed E-state index contributed by atoms with van der Waals surface area (Å²) in [4.78, 5) is 14.8. The minimum absolute atomic E-state index is 0.706. The molecule has 0 aliphatic carbocycles. The second-order valence-electron chi connectivity index (χ2n) is 3.62. The number of nitrogens with zero attached hydrogens (tertiary/aromatic N) is 3. The molecule has 0 saturated carbocycles. The van der Waals surface area contributed by atoms with Crippen LogP contribution in [0.25, 0.3) is 21.6 Å². The third-order valence-electron chi connectivity index (χ3n) is 2.49. The van der Waals surface area contributed by atoms with Crippen LogP contribution in [0.2, 0.25) is 5.02 Å². The molecule has 0 unspecified atom stereocenters. The van der Waals surface area contributed by atoms with E-state index in [2.05, 4.69) is 15.0 Å². The molecule has 0 bridgehead atoms. The molecule has 0 aliphatic heterocycles. The predicted molar refractivity (Wildman–Crippen MR) is 70.4 cm³/mol. The number of fused-ring (bicyclic) bond motifs is 1. The SMILES string of the molecule is Cc1sc2nc(-c3ccncc3)ncc2c1Cl. The molecule has 0 fully saturated rings. The summed E-state index contributed by atoms with van der Waals surface area (Å²) < 4.78 is 0. The smallest absolute Gasteiger partial charge is 0.160 e. The molecule has 0 atom stereocenters. The van der Waals surface area contributed by atoms with Gasteiger partial charge in [-0.2, -0.15) is 0 Å². The monoisotopic (exact) mass is 261 g/mol. The molecule has 0 aliphatic rings. The normalized spacial score (nSPS) is 10.9. The van der Waals surface area contributed by atoms with E-state index in [0.29, 0.717) is 5.82 Å². The van der Waals surface area contributed by atoms with Gasteiger partial charge in [-0.3, -0.25) is 4.98 Å². The van der Waals surface area contributed by atoms with Crippen molar-refractivity contribution in [2.45, 2.75) is 6.92 Å². The molecule has 17 heavy (non-hydrogen) atoms. The Labute approximate surface area is 107 Å². The van der Waals surface area contributed by atoms with Gasteiger partial charge in [0.25, 0.3) is 0 Å². The number of hydrogen-bond donors (Lipinski definition) is 0. The van der Waals surface area contributed by atoms with E-state index in [-0.39, 0.29) is 0 Å². The first-order valence-electron chi connectivity index (χ1n) is 5.08. The molecule has 0 radical (unpaired) electrons. The van der Waals surface area contributed by atoms with Gasteiger partial charge < -0.3 is 0 Å². The summed E-state index contributed by atoms with van der Waals surface area (Å²) in [5.41, 5.74) is 0.962. The molecule has 0 N–H and O–H groups in total. The van der Waals surface area contributed by atoms with Crippen molar-refractivity contribution >= 4 is 33.2 Å². The number of hydrogen-bond acceptors (Lipinski definition) is 4. The van der Waals surface area contributed by atoms with Crippen molar-refractivity contribution in [1.29, 1.82) is 0 Å². The molecule has 5 heteroatoms. The summed E-state index contributed by atoms with van der Waals surface area (Å²) in [7, 11) is 0. The Hall–Kier alpha value is -1.52. The van der Waals surface area contributed by atoms with Gasteiger partial charge in [-0.15, -0.1) is 11.3 Å². The van der Waals surface area contributed by atoms with Crippen LogP contribution < -0.4 is 0 Å². The standard InChI is InChI=1S/C12H8ClN3S/c1-7-10(13)9-6-15-11(16-12(9)17-7)8-2-4-14-5-3-8/h2-6H,1H3. The van der Waals surface area contributed by atoms with Gasteiger partial charge in [0.1, 0.15) is 4.83 Å². The van der Waals surface area contributed by atoms with Crippen LogP contribution in [0.4, 0.5) is 0 Å². The summed E-state index contributed by atoms with van der Waals surface area (Å²) in [5.74, 6) is 0.706. The highest BCUT2D eigenvalue weighted by Gasteiger charge is 2.10. The van der Waals surface area contributed by atoms with E-state index in [1.165, 1.54) is 0 Å². The number of aromatic nitrogens is 3. The van der Waals surface area contributed by atoms with Crippen LogP contribution in [0, 0.1) is 6.92 Å². The minimum Gasteiger partial charge on any atom is -0.265 e. The average molecular weight is 262 g/mol. The highest BCUT2D eigenvalue weighted by Crippen LogP contribution is 2.33. The van der Waals surface area contributed by atoms with E-state index in [1.807, 2.05) is 19.1 Å². The lowest BCUT2D eigenvalue weighted by Gasteiger charge is -1.98. The van der Waals surface area contributed by atoms with Gasteiger partial charge in [0, 0.05) is 34.4 Å². The maximum absolute atomic E-state index is 6.16. The van der Waals surface area contributed by atoms with Crippen LogP contribution in [-0.2, 0) is 0 Å². The Bertz CT molecular complexity index is 679. The molecule has 3 aromatic heterocycles. The Balaban J connectivity index is 2.21. The second-order valence-corrected chi connectivity index (χ2v) is 5.20. The van der Waals surface area contributed by atoms with Crippen molar-refractivity contribution in [1.82, 2.24) is 15.0 Å². The Kier molecular flexibility index (Phi) is 2.53. The van der Waals surface area contributed by atoms with E-state index in [9.17, 15) is 0 Å². The summed E-state index contributed by atoms with van der Waals surface area (Å²) in [5, 5.41) is 1.68. The van der Waals surface area contributed by atoms with Crippen LogP contribution >= 0.6 is 22.9 Å². The van der Waals surface area contributed by atoms with E-state index >= 15 is 0 Å². The number of rotatable bonds is 1. The van der Waals surface area contributed by atoms with Crippen LogP contribution in [-0.4, -0.2) is 15.0 Å². The number of pyridine rings is 1. The first kappa shape index (κ1) is 10.6. The fourth-order valence-corrected chi connectivity index (χ4v) is 2.81. The van der Waals surface area contributed by atoms with Crippen molar-refractivity contribution in [3.63, 3.8) is 0 Å². The van der Waals surface area contributed by atoms with Crippen molar-refractivity contribution in [2.24, 2.45) is 0 Å². The molecule has 0 spiro atoms. The number of halogens is 1. The molecular formula is C12H8ClN3S. The third kappa shape index (κ3) is 1.79. The lowest BCUT2D eigenvalue weighted by molar-refractivity contribution is 1.22.